The van der Waals surface area contributed by atoms with Gasteiger partial charge in [0.25, 0.3) is 0 Å². The molecular weight excluding hydrogens is 340 g/mol. The Balaban J connectivity index is 1.62. The SMILES string of the molecule is C[N+]1(CCNc2nn3ccccc3c2N=C2C=CC(N)=CC2=O)CCCC1. The zero-order chi connectivity index (χ0) is 18.9. The third-order valence-electron chi connectivity index (χ3n) is 5.32. The summed E-state index contributed by atoms with van der Waals surface area (Å²) in [5.74, 6) is 0.509. The lowest BCUT2D eigenvalue weighted by atomic mass is 10.1. The van der Waals surface area contributed by atoms with Crippen molar-refractivity contribution in [1.29, 1.82) is 0 Å². The van der Waals surface area contributed by atoms with Crippen LogP contribution in [0.25, 0.3) is 5.52 Å². The van der Waals surface area contributed by atoms with Gasteiger partial charge in [0.05, 0.1) is 38.7 Å². The van der Waals surface area contributed by atoms with E-state index in [-0.39, 0.29) is 5.78 Å². The molecule has 4 rings (SSSR count). The Bertz CT molecular complexity index is 962. The first kappa shape index (κ1) is 17.5. The minimum atomic E-state index is -0.189. The van der Waals surface area contributed by atoms with Gasteiger partial charge in [0.15, 0.2) is 5.82 Å². The van der Waals surface area contributed by atoms with Crippen LogP contribution in [0.4, 0.5) is 11.5 Å². The predicted molar refractivity (Wildman–Crippen MR) is 107 cm³/mol. The zero-order valence-electron chi connectivity index (χ0n) is 15.6. The second-order valence-electron chi connectivity index (χ2n) is 7.49. The highest BCUT2D eigenvalue weighted by molar-refractivity contribution is 6.49. The van der Waals surface area contributed by atoms with E-state index in [1.165, 1.54) is 32.0 Å². The summed E-state index contributed by atoms with van der Waals surface area (Å²) in [6.45, 7) is 4.32. The van der Waals surface area contributed by atoms with E-state index >= 15 is 0 Å². The van der Waals surface area contributed by atoms with Crippen LogP contribution in [0, 0.1) is 0 Å². The highest BCUT2D eigenvalue weighted by Gasteiger charge is 2.26. The molecule has 0 amide bonds. The quantitative estimate of drug-likeness (QED) is 0.627. The molecule has 2 aromatic rings. The number of aromatic nitrogens is 2. The van der Waals surface area contributed by atoms with Gasteiger partial charge in [-0.1, -0.05) is 6.07 Å². The average Bonchev–Trinajstić information content (AvgIpc) is 3.22. The van der Waals surface area contributed by atoms with Gasteiger partial charge in [0.2, 0.25) is 5.78 Å². The van der Waals surface area contributed by atoms with Crippen LogP contribution in [0.5, 0.6) is 0 Å². The largest absolute Gasteiger partial charge is 0.399 e. The maximum absolute atomic E-state index is 12.2. The number of fused-ring (bicyclic) bond motifs is 1. The molecule has 140 valence electrons. The molecule has 1 saturated heterocycles. The fraction of sp³-hybridized carbons (Fsp3) is 0.350. The fourth-order valence-corrected chi connectivity index (χ4v) is 3.73. The molecule has 3 heterocycles. The van der Waals surface area contributed by atoms with Crippen molar-refractivity contribution in [3.63, 3.8) is 0 Å². The lowest BCUT2D eigenvalue weighted by Crippen LogP contribution is -2.44. The van der Waals surface area contributed by atoms with Gasteiger partial charge in [-0.2, -0.15) is 0 Å². The number of nitrogens with one attached hydrogen (secondary N) is 1. The Morgan fingerprint density at radius 3 is 2.89 bits per heavy atom. The van der Waals surface area contributed by atoms with E-state index in [0.717, 1.165) is 23.1 Å². The van der Waals surface area contributed by atoms with E-state index in [0.29, 0.717) is 22.9 Å². The van der Waals surface area contributed by atoms with Gasteiger partial charge in [0, 0.05) is 30.8 Å². The smallest absolute Gasteiger partial charge is 0.206 e. The molecule has 1 aliphatic carbocycles. The molecule has 7 heteroatoms. The summed E-state index contributed by atoms with van der Waals surface area (Å²) in [4.78, 5) is 16.8. The van der Waals surface area contributed by atoms with E-state index in [1.54, 1.807) is 16.7 Å². The number of carbonyl (C=O) groups excluding carboxylic acids is 1. The number of likely N-dealkylation sites (N-methyl/N-ethyl adjacent to an activating group) is 1. The highest BCUT2D eigenvalue weighted by Crippen LogP contribution is 2.30. The third kappa shape index (κ3) is 3.64. The number of anilines is 1. The average molecular weight is 365 g/mol. The number of rotatable bonds is 5. The van der Waals surface area contributed by atoms with Crippen molar-refractivity contribution >= 4 is 28.5 Å². The molecule has 7 nitrogen and oxygen atoms in total. The Hall–Kier alpha value is -2.93. The van der Waals surface area contributed by atoms with Gasteiger partial charge in [-0.15, -0.1) is 5.10 Å². The first-order valence-corrected chi connectivity index (χ1v) is 9.37. The summed E-state index contributed by atoms with van der Waals surface area (Å²) in [5.41, 5.74) is 8.04. The van der Waals surface area contributed by atoms with Crippen LogP contribution in [0.3, 0.4) is 0 Å². The third-order valence-corrected chi connectivity index (χ3v) is 5.32. The topological polar surface area (TPSA) is 84.8 Å². The van der Waals surface area contributed by atoms with Crippen molar-refractivity contribution in [3.8, 4) is 0 Å². The van der Waals surface area contributed by atoms with E-state index in [2.05, 4.69) is 22.5 Å². The van der Waals surface area contributed by atoms with Crippen LogP contribution < -0.4 is 11.1 Å². The maximum atomic E-state index is 12.2. The van der Waals surface area contributed by atoms with Gasteiger partial charge in [0.1, 0.15) is 11.4 Å². The van der Waals surface area contributed by atoms with Gasteiger partial charge >= 0.3 is 0 Å². The van der Waals surface area contributed by atoms with E-state index < -0.39 is 0 Å². The molecule has 3 N–H and O–H groups in total. The summed E-state index contributed by atoms with van der Waals surface area (Å²) in [6.07, 6.45) is 9.23. The number of hydrogen-bond acceptors (Lipinski definition) is 5. The Kier molecular flexibility index (Phi) is 4.53. The molecule has 0 spiro atoms. The van der Waals surface area contributed by atoms with Gasteiger partial charge < -0.3 is 15.5 Å². The monoisotopic (exact) mass is 365 g/mol. The molecule has 0 atom stereocenters. The molecule has 0 saturated carbocycles. The zero-order valence-corrected chi connectivity index (χ0v) is 15.6. The Morgan fingerprint density at radius 2 is 2.11 bits per heavy atom. The molecule has 0 bridgehead atoms. The number of nitrogens with two attached hydrogens (primary N) is 1. The number of aliphatic imine (C=N–C) groups is 1. The number of quaternary nitrogens is 1. The van der Waals surface area contributed by atoms with Gasteiger partial charge in [-0.05, 0) is 24.3 Å². The summed E-state index contributed by atoms with van der Waals surface area (Å²) in [5, 5.41) is 8.06. The molecule has 0 radical (unpaired) electrons. The number of ketones is 1. The second-order valence-corrected chi connectivity index (χ2v) is 7.49. The van der Waals surface area contributed by atoms with E-state index in [9.17, 15) is 4.79 Å². The molecular formula is C20H25N6O+. The normalized spacial score (nSPS) is 20.4. The Labute approximate surface area is 158 Å². The van der Waals surface area contributed by atoms with Crippen molar-refractivity contribution in [2.75, 3.05) is 38.5 Å². The summed E-state index contributed by atoms with van der Waals surface area (Å²) >= 11 is 0. The molecule has 1 aliphatic heterocycles. The molecule has 0 aromatic carbocycles. The van der Waals surface area contributed by atoms with Crippen LogP contribution >= 0.6 is 0 Å². The van der Waals surface area contributed by atoms with Gasteiger partial charge in [-0.3, -0.25) is 4.79 Å². The second kappa shape index (κ2) is 7.00. The maximum Gasteiger partial charge on any atom is 0.206 e. The van der Waals surface area contributed by atoms with Crippen molar-refractivity contribution in [2.45, 2.75) is 12.8 Å². The fourth-order valence-electron chi connectivity index (χ4n) is 3.73. The minimum absolute atomic E-state index is 0.189. The first-order chi connectivity index (χ1) is 13.0. The highest BCUT2D eigenvalue weighted by atomic mass is 16.1. The predicted octanol–water partition coefficient (Wildman–Crippen LogP) is 2.04. The molecule has 2 aromatic heterocycles. The molecule has 0 unspecified atom stereocenters. The standard InChI is InChI=1S/C20H24N6O/c1-26(11-4-5-12-26)13-9-22-20-19(17-6-2-3-10-25(17)24-20)23-16-8-7-15(21)14-18(16)27/h2-3,6-8,10,14H,4-5,9,11-13H2,1H3,(H2-,21,22,24,27)/p+1. The molecule has 27 heavy (non-hydrogen) atoms. The van der Waals surface area contributed by atoms with Crippen LogP contribution in [0.1, 0.15) is 12.8 Å². The number of pyridine rings is 1. The van der Waals surface area contributed by atoms with Crippen molar-refractivity contribution in [3.05, 3.63) is 48.3 Å². The van der Waals surface area contributed by atoms with Crippen LogP contribution in [-0.2, 0) is 4.79 Å². The minimum Gasteiger partial charge on any atom is -0.399 e. The lowest BCUT2D eigenvalue weighted by Gasteiger charge is -2.29. The van der Waals surface area contributed by atoms with Crippen LogP contribution in [0.15, 0.2) is 53.3 Å². The number of nitrogens with zero attached hydrogens (tertiary/aromatic N) is 4. The number of likely N-dealkylation sites (tertiary alicyclic amines) is 1. The van der Waals surface area contributed by atoms with Crippen molar-refractivity contribution in [1.82, 2.24) is 9.61 Å². The van der Waals surface area contributed by atoms with Crippen LogP contribution in [-0.4, -0.2) is 58.8 Å². The lowest BCUT2D eigenvalue weighted by molar-refractivity contribution is -0.895. The number of carbonyl (C=O) groups is 1. The van der Waals surface area contributed by atoms with E-state index in [4.69, 9.17) is 5.73 Å². The van der Waals surface area contributed by atoms with Crippen molar-refractivity contribution < 1.29 is 9.28 Å². The summed E-state index contributed by atoms with van der Waals surface area (Å²) < 4.78 is 2.88. The number of allylic oxidation sites excluding steroid dienone is 3. The Morgan fingerprint density at radius 1 is 1.30 bits per heavy atom. The van der Waals surface area contributed by atoms with E-state index in [1.807, 2.05) is 24.4 Å². The van der Waals surface area contributed by atoms with Crippen LogP contribution in [0.2, 0.25) is 0 Å². The van der Waals surface area contributed by atoms with Gasteiger partial charge in [-0.25, -0.2) is 9.51 Å². The molecule has 1 fully saturated rings. The molecule has 2 aliphatic rings. The first-order valence-electron chi connectivity index (χ1n) is 9.37. The number of hydrogen-bond donors (Lipinski definition) is 2. The summed E-state index contributed by atoms with van der Waals surface area (Å²) in [6, 6.07) is 5.82. The summed E-state index contributed by atoms with van der Waals surface area (Å²) in [7, 11) is 2.31. The van der Waals surface area contributed by atoms with Crippen molar-refractivity contribution in [2.24, 2.45) is 10.7 Å².